The minimum absolute atomic E-state index is 0.212. The molecule has 0 radical (unpaired) electrons. The molecular weight excluding hydrogens is 378 g/mol. The number of rotatable bonds is 4. The van der Waals surface area contributed by atoms with Gasteiger partial charge in [-0.3, -0.25) is 0 Å². The zero-order valence-corrected chi connectivity index (χ0v) is 15.9. The highest BCUT2D eigenvalue weighted by atomic mass is 35.5. The molecule has 0 aliphatic heterocycles. The number of carboxylic acid groups (broad SMARTS) is 1. The van der Waals surface area contributed by atoms with E-state index >= 15 is 0 Å². The Hall–Kier alpha value is -3.45. The highest BCUT2D eigenvalue weighted by molar-refractivity contribution is 6.31. The average Bonchev–Trinajstić information content (AvgIpc) is 3.00. The van der Waals surface area contributed by atoms with Crippen molar-refractivity contribution in [2.45, 2.75) is 13.8 Å². The van der Waals surface area contributed by atoms with Crippen molar-refractivity contribution in [1.29, 1.82) is 0 Å². The summed E-state index contributed by atoms with van der Waals surface area (Å²) >= 11 is 6.11. The summed E-state index contributed by atoms with van der Waals surface area (Å²) in [6.45, 7) is 3.85. The number of halogens is 1. The fourth-order valence-corrected chi connectivity index (χ4v) is 3.09. The number of aryl methyl sites for hydroxylation is 2. The Labute approximate surface area is 165 Å². The molecule has 2 aromatic carbocycles. The van der Waals surface area contributed by atoms with Crippen molar-refractivity contribution in [3.63, 3.8) is 0 Å². The summed E-state index contributed by atoms with van der Waals surface area (Å²) in [4.78, 5) is 20.5. The van der Waals surface area contributed by atoms with Gasteiger partial charge in [-0.25, -0.2) is 19.4 Å². The SMILES string of the molecule is Cc1cc(C)n(-c2nc3cc(Cl)ccc3nc2Nc2ccc(C(=O)O)cc2)n1. The minimum atomic E-state index is -0.975. The van der Waals surface area contributed by atoms with E-state index in [-0.39, 0.29) is 5.56 Å². The van der Waals surface area contributed by atoms with Gasteiger partial charge in [0.05, 0.1) is 22.3 Å². The number of hydrogen-bond donors (Lipinski definition) is 2. The quantitative estimate of drug-likeness (QED) is 0.529. The van der Waals surface area contributed by atoms with Crippen LogP contribution in [-0.2, 0) is 0 Å². The predicted octanol–water partition coefficient (Wildman–Crippen LogP) is 4.53. The molecule has 0 saturated carbocycles. The van der Waals surface area contributed by atoms with Gasteiger partial charge in [-0.1, -0.05) is 11.6 Å². The topological polar surface area (TPSA) is 92.9 Å². The second kappa shape index (κ2) is 6.94. The van der Waals surface area contributed by atoms with Gasteiger partial charge in [-0.15, -0.1) is 0 Å². The first-order chi connectivity index (χ1) is 13.4. The van der Waals surface area contributed by atoms with Crippen LogP contribution in [0.4, 0.5) is 11.5 Å². The Balaban J connectivity index is 1.85. The molecule has 4 rings (SSSR count). The molecule has 2 heterocycles. The highest BCUT2D eigenvalue weighted by Gasteiger charge is 2.15. The van der Waals surface area contributed by atoms with E-state index in [2.05, 4.69) is 15.4 Å². The van der Waals surface area contributed by atoms with Crippen LogP contribution in [-0.4, -0.2) is 30.8 Å². The molecule has 0 unspecified atom stereocenters. The maximum Gasteiger partial charge on any atom is 0.335 e. The van der Waals surface area contributed by atoms with E-state index in [1.54, 1.807) is 35.0 Å². The van der Waals surface area contributed by atoms with E-state index in [9.17, 15) is 4.79 Å². The van der Waals surface area contributed by atoms with Crippen LogP contribution in [0.15, 0.2) is 48.5 Å². The molecule has 0 bridgehead atoms. The lowest BCUT2D eigenvalue weighted by molar-refractivity contribution is 0.0697. The van der Waals surface area contributed by atoms with Crippen molar-refractivity contribution in [3.05, 3.63) is 70.5 Å². The molecule has 0 atom stereocenters. The van der Waals surface area contributed by atoms with Crippen molar-refractivity contribution in [3.8, 4) is 5.82 Å². The molecule has 0 aliphatic carbocycles. The number of carboxylic acids is 1. The van der Waals surface area contributed by atoms with Gasteiger partial charge in [0.25, 0.3) is 0 Å². The molecule has 28 heavy (non-hydrogen) atoms. The summed E-state index contributed by atoms with van der Waals surface area (Å²) in [5.41, 5.74) is 4.01. The number of benzene rings is 2. The number of aromatic carboxylic acids is 1. The van der Waals surface area contributed by atoms with E-state index in [0.29, 0.717) is 33.4 Å². The van der Waals surface area contributed by atoms with Crippen molar-refractivity contribution in [1.82, 2.24) is 19.7 Å². The Morgan fingerprint density at radius 2 is 1.79 bits per heavy atom. The number of anilines is 2. The molecule has 8 heteroatoms. The van der Waals surface area contributed by atoms with Gasteiger partial charge in [-0.05, 0) is 62.4 Å². The molecule has 0 spiro atoms. The van der Waals surface area contributed by atoms with Crippen LogP contribution >= 0.6 is 11.6 Å². The van der Waals surface area contributed by atoms with Crippen LogP contribution < -0.4 is 5.32 Å². The molecule has 7 nitrogen and oxygen atoms in total. The predicted molar refractivity (Wildman–Crippen MR) is 108 cm³/mol. The van der Waals surface area contributed by atoms with Crippen LogP contribution in [0.25, 0.3) is 16.9 Å². The standard InChI is InChI=1S/C20H16ClN5O2/c1-11-9-12(2)26(25-11)19-18(22-15-6-3-13(4-7-15)20(27)28)23-16-8-5-14(21)10-17(16)24-19/h3-10H,1-2H3,(H,22,23)(H,27,28). The van der Waals surface area contributed by atoms with Crippen molar-refractivity contribution in [2.24, 2.45) is 0 Å². The van der Waals surface area contributed by atoms with Gasteiger partial charge in [0.1, 0.15) is 0 Å². The van der Waals surface area contributed by atoms with Gasteiger partial charge in [-0.2, -0.15) is 5.10 Å². The number of carbonyl (C=O) groups is 1. The molecular formula is C20H16ClN5O2. The lowest BCUT2D eigenvalue weighted by Gasteiger charge is -2.13. The molecule has 0 fully saturated rings. The summed E-state index contributed by atoms with van der Waals surface area (Å²) in [6, 6.07) is 13.7. The van der Waals surface area contributed by atoms with E-state index in [1.165, 1.54) is 12.1 Å². The second-order valence-electron chi connectivity index (χ2n) is 6.38. The molecule has 2 N–H and O–H groups in total. The summed E-state index contributed by atoms with van der Waals surface area (Å²) in [5, 5.41) is 17.4. The van der Waals surface area contributed by atoms with E-state index in [4.69, 9.17) is 21.7 Å². The number of aromatic nitrogens is 4. The van der Waals surface area contributed by atoms with Gasteiger partial charge < -0.3 is 10.4 Å². The maximum absolute atomic E-state index is 11.1. The highest BCUT2D eigenvalue weighted by Crippen LogP contribution is 2.26. The molecule has 2 aromatic heterocycles. The summed E-state index contributed by atoms with van der Waals surface area (Å²) in [7, 11) is 0. The number of nitrogens with one attached hydrogen (secondary N) is 1. The van der Waals surface area contributed by atoms with Crippen LogP contribution in [0.2, 0.25) is 5.02 Å². The van der Waals surface area contributed by atoms with Crippen molar-refractivity contribution >= 4 is 40.1 Å². The molecule has 0 saturated heterocycles. The lowest BCUT2D eigenvalue weighted by atomic mass is 10.2. The first-order valence-electron chi connectivity index (χ1n) is 8.52. The number of hydrogen-bond acceptors (Lipinski definition) is 5. The lowest BCUT2D eigenvalue weighted by Crippen LogP contribution is -2.09. The van der Waals surface area contributed by atoms with Crippen LogP contribution in [0.5, 0.6) is 0 Å². The number of fused-ring (bicyclic) bond motifs is 1. The summed E-state index contributed by atoms with van der Waals surface area (Å²) in [5.74, 6) is 0.0593. The monoisotopic (exact) mass is 393 g/mol. The largest absolute Gasteiger partial charge is 0.478 e. The van der Waals surface area contributed by atoms with Crippen LogP contribution in [0.1, 0.15) is 21.7 Å². The maximum atomic E-state index is 11.1. The third kappa shape index (κ3) is 3.39. The van der Waals surface area contributed by atoms with Crippen molar-refractivity contribution in [2.75, 3.05) is 5.32 Å². The van der Waals surface area contributed by atoms with Gasteiger partial charge in [0.2, 0.25) is 0 Å². The van der Waals surface area contributed by atoms with Gasteiger partial charge in [0.15, 0.2) is 11.6 Å². The van der Waals surface area contributed by atoms with E-state index in [1.807, 2.05) is 19.9 Å². The van der Waals surface area contributed by atoms with E-state index < -0.39 is 5.97 Å². The molecule has 0 amide bonds. The minimum Gasteiger partial charge on any atom is -0.478 e. The zero-order chi connectivity index (χ0) is 19.8. The first kappa shape index (κ1) is 17.9. The second-order valence-corrected chi connectivity index (χ2v) is 6.81. The van der Waals surface area contributed by atoms with Crippen molar-refractivity contribution < 1.29 is 9.90 Å². The molecule has 140 valence electrons. The average molecular weight is 394 g/mol. The van der Waals surface area contributed by atoms with E-state index in [0.717, 1.165) is 11.4 Å². The van der Waals surface area contributed by atoms with Gasteiger partial charge >= 0.3 is 5.97 Å². The molecule has 4 aromatic rings. The summed E-state index contributed by atoms with van der Waals surface area (Å²) in [6.07, 6.45) is 0. The summed E-state index contributed by atoms with van der Waals surface area (Å²) < 4.78 is 1.72. The molecule has 0 aliphatic rings. The smallest absolute Gasteiger partial charge is 0.335 e. The zero-order valence-electron chi connectivity index (χ0n) is 15.1. The Morgan fingerprint density at radius 1 is 1.04 bits per heavy atom. The Kier molecular flexibility index (Phi) is 4.44. The normalized spacial score (nSPS) is 11.0. The van der Waals surface area contributed by atoms with Crippen LogP contribution in [0.3, 0.4) is 0 Å². The van der Waals surface area contributed by atoms with Crippen LogP contribution in [0, 0.1) is 13.8 Å². The third-order valence-corrected chi connectivity index (χ3v) is 4.45. The third-order valence-electron chi connectivity index (χ3n) is 4.21. The fraction of sp³-hybridized carbons (Fsp3) is 0.100. The van der Waals surface area contributed by atoms with Gasteiger partial charge in [0, 0.05) is 16.4 Å². The number of nitrogens with zero attached hydrogens (tertiary/aromatic N) is 4. The Bertz CT molecular complexity index is 1200. The first-order valence-corrected chi connectivity index (χ1v) is 8.90. The Morgan fingerprint density at radius 3 is 2.43 bits per heavy atom. The fourth-order valence-electron chi connectivity index (χ4n) is 2.93.